The van der Waals surface area contributed by atoms with Crippen LogP contribution in [-0.4, -0.2) is 24.2 Å². The maximum absolute atomic E-state index is 12.6. The predicted molar refractivity (Wildman–Crippen MR) is 69.2 cm³/mol. The van der Waals surface area contributed by atoms with E-state index in [0.717, 1.165) is 6.42 Å². The molecule has 0 spiro atoms. The normalized spacial score (nSPS) is 14.7. The number of halogens is 3. The second-order valence-corrected chi connectivity index (χ2v) is 5.82. The molecule has 1 rings (SSSR count). The minimum atomic E-state index is -4.39. The van der Waals surface area contributed by atoms with E-state index in [1.807, 2.05) is 20.8 Å². The van der Waals surface area contributed by atoms with Crippen LogP contribution in [0.1, 0.15) is 43.1 Å². The summed E-state index contributed by atoms with van der Waals surface area (Å²) in [7, 11) is 1.55. The van der Waals surface area contributed by atoms with Crippen molar-refractivity contribution >= 4 is 11.3 Å². The number of alkyl halides is 3. The molecule has 3 nitrogen and oxygen atoms in total. The molecule has 1 atom stereocenters. The van der Waals surface area contributed by atoms with Gasteiger partial charge in [-0.15, -0.1) is 11.3 Å². The van der Waals surface area contributed by atoms with Crippen molar-refractivity contribution in [2.24, 2.45) is 0 Å². The summed E-state index contributed by atoms with van der Waals surface area (Å²) in [6.07, 6.45) is -2.22. The third kappa shape index (κ3) is 4.15. The molecule has 110 valence electrons. The summed E-state index contributed by atoms with van der Waals surface area (Å²) in [6, 6.07) is -0.314. The van der Waals surface area contributed by atoms with Crippen LogP contribution in [0.2, 0.25) is 0 Å². The van der Waals surface area contributed by atoms with Gasteiger partial charge in [0.05, 0.1) is 11.6 Å². The molecular weight excluding hydrogens is 277 g/mol. The maximum atomic E-state index is 12.6. The molecule has 0 saturated heterocycles. The molecule has 1 unspecified atom stereocenters. The molecule has 0 radical (unpaired) electrons. The van der Waals surface area contributed by atoms with Crippen molar-refractivity contribution in [3.8, 4) is 0 Å². The number of rotatable bonds is 6. The van der Waals surface area contributed by atoms with Gasteiger partial charge in [0, 0.05) is 18.2 Å². The average Bonchev–Trinajstić information content (AvgIpc) is 2.78. The lowest BCUT2D eigenvalue weighted by molar-refractivity contribution is -0.137. The van der Waals surface area contributed by atoms with Gasteiger partial charge in [0.1, 0.15) is 0 Å². The van der Waals surface area contributed by atoms with Crippen molar-refractivity contribution in [3.63, 3.8) is 0 Å². The smallest absolute Gasteiger partial charge is 0.377 e. The first-order valence-corrected chi connectivity index (χ1v) is 6.85. The molecule has 19 heavy (non-hydrogen) atoms. The molecule has 1 aromatic rings. The highest BCUT2D eigenvalue weighted by Crippen LogP contribution is 2.37. The quantitative estimate of drug-likeness (QED) is 0.870. The fourth-order valence-corrected chi connectivity index (χ4v) is 2.68. The Bertz CT molecular complexity index is 404. The Kier molecular flexibility index (Phi) is 5.34. The zero-order valence-corrected chi connectivity index (χ0v) is 12.3. The Hall–Kier alpha value is -0.660. The molecule has 0 aliphatic rings. The van der Waals surface area contributed by atoms with Crippen LogP contribution in [0.4, 0.5) is 13.2 Å². The molecule has 7 heteroatoms. The highest BCUT2D eigenvalue weighted by atomic mass is 32.1. The van der Waals surface area contributed by atoms with E-state index >= 15 is 0 Å². The first-order valence-electron chi connectivity index (χ1n) is 6.03. The SMILES string of the molecule is CCCNC(c1cnc(C(F)(F)F)s1)C(C)(C)OC. The summed E-state index contributed by atoms with van der Waals surface area (Å²) in [5.74, 6) is 0. The maximum Gasteiger partial charge on any atom is 0.443 e. The molecule has 0 aliphatic heterocycles. The molecule has 0 aliphatic carbocycles. The standard InChI is InChI=1S/C12H19F3N2OS/c1-5-6-16-9(11(2,3)18-4)8-7-17-10(19-8)12(13,14)15/h7,9,16H,5-6H2,1-4H3. The predicted octanol–water partition coefficient (Wildman–Crippen LogP) is 3.63. The van der Waals surface area contributed by atoms with Gasteiger partial charge in [0.15, 0.2) is 5.01 Å². The van der Waals surface area contributed by atoms with E-state index in [1.54, 1.807) is 7.11 Å². The summed E-state index contributed by atoms with van der Waals surface area (Å²) < 4.78 is 43.2. The van der Waals surface area contributed by atoms with Crippen LogP contribution >= 0.6 is 11.3 Å². The average molecular weight is 296 g/mol. The molecule has 0 bridgehead atoms. The van der Waals surface area contributed by atoms with E-state index in [-0.39, 0.29) is 6.04 Å². The van der Waals surface area contributed by atoms with Crippen LogP contribution in [0.3, 0.4) is 0 Å². The van der Waals surface area contributed by atoms with Crippen molar-refractivity contribution in [3.05, 3.63) is 16.1 Å². The third-order valence-corrected chi connectivity index (χ3v) is 3.98. The number of nitrogens with one attached hydrogen (secondary N) is 1. The number of aromatic nitrogens is 1. The topological polar surface area (TPSA) is 34.2 Å². The number of thiazole rings is 1. The van der Waals surface area contributed by atoms with Crippen LogP contribution in [0.25, 0.3) is 0 Å². The second-order valence-electron chi connectivity index (χ2n) is 4.76. The summed E-state index contributed by atoms with van der Waals surface area (Å²) in [6.45, 7) is 6.38. The zero-order chi connectivity index (χ0) is 14.7. The van der Waals surface area contributed by atoms with Gasteiger partial charge in [0.25, 0.3) is 0 Å². The van der Waals surface area contributed by atoms with E-state index in [9.17, 15) is 13.2 Å². The Morgan fingerprint density at radius 3 is 2.47 bits per heavy atom. The lowest BCUT2D eigenvalue weighted by Gasteiger charge is -2.33. The molecule has 1 N–H and O–H groups in total. The van der Waals surface area contributed by atoms with Crippen molar-refractivity contribution in [2.45, 2.75) is 45.0 Å². The van der Waals surface area contributed by atoms with Gasteiger partial charge in [-0.1, -0.05) is 6.92 Å². The van der Waals surface area contributed by atoms with Gasteiger partial charge < -0.3 is 10.1 Å². The van der Waals surface area contributed by atoms with E-state index < -0.39 is 16.8 Å². The lowest BCUT2D eigenvalue weighted by atomic mass is 9.97. The molecule has 1 aromatic heterocycles. The van der Waals surface area contributed by atoms with Gasteiger partial charge in [0.2, 0.25) is 0 Å². The Morgan fingerprint density at radius 1 is 1.42 bits per heavy atom. The highest BCUT2D eigenvalue weighted by Gasteiger charge is 2.38. The lowest BCUT2D eigenvalue weighted by Crippen LogP contribution is -2.40. The molecule has 0 fully saturated rings. The Labute approximate surface area is 115 Å². The van der Waals surface area contributed by atoms with E-state index in [1.165, 1.54) is 6.20 Å². The number of methoxy groups -OCH3 is 1. The van der Waals surface area contributed by atoms with Gasteiger partial charge in [-0.2, -0.15) is 13.2 Å². The van der Waals surface area contributed by atoms with E-state index in [4.69, 9.17) is 4.74 Å². The van der Waals surface area contributed by atoms with Gasteiger partial charge in [-0.25, -0.2) is 4.98 Å². The van der Waals surface area contributed by atoms with Crippen LogP contribution in [0.15, 0.2) is 6.20 Å². The zero-order valence-electron chi connectivity index (χ0n) is 11.5. The largest absolute Gasteiger partial charge is 0.443 e. The fourth-order valence-electron chi connectivity index (χ4n) is 1.65. The monoisotopic (exact) mass is 296 g/mol. The summed E-state index contributed by atoms with van der Waals surface area (Å²) in [5, 5.41) is 2.40. The fraction of sp³-hybridized carbons (Fsp3) is 0.750. The molecule has 0 aromatic carbocycles. The summed E-state index contributed by atoms with van der Waals surface area (Å²) in [5.41, 5.74) is -0.607. The first kappa shape index (κ1) is 16.4. The Balaban J connectivity index is 3.01. The number of nitrogens with zero attached hydrogens (tertiary/aromatic N) is 1. The molecule has 0 amide bonds. The minimum Gasteiger partial charge on any atom is -0.377 e. The van der Waals surface area contributed by atoms with Crippen molar-refractivity contribution in [1.29, 1.82) is 0 Å². The third-order valence-electron chi connectivity index (χ3n) is 2.87. The molecule has 1 heterocycles. The highest BCUT2D eigenvalue weighted by molar-refractivity contribution is 7.11. The Morgan fingerprint density at radius 2 is 2.05 bits per heavy atom. The number of hydrogen-bond donors (Lipinski definition) is 1. The minimum absolute atomic E-state index is 0.314. The van der Waals surface area contributed by atoms with E-state index in [0.29, 0.717) is 22.8 Å². The van der Waals surface area contributed by atoms with Crippen LogP contribution < -0.4 is 5.32 Å². The summed E-state index contributed by atoms with van der Waals surface area (Å²) in [4.78, 5) is 4.00. The second kappa shape index (κ2) is 6.19. The van der Waals surface area contributed by atoms with Crippen molar-refractivity contribution in [2.75, 3.05) is 13.7 Å². The number of hydrogen-bond acceptors (Lipinski definition) is 4. The first-order chi connectivity index (χ1) is 8.72. The van der Waals surface area contributed by atoms with Crippen molar-refractivity contribution < 1.29 is 17.9 Å². The van der Waals surface area contributed by atoms with Crippen LogP contribution in [0.5, 0.6) is 0 Å². The van der Waals surface area contributed by atoms with Gasteiger partial charge in [-0.05, 0) is 26.8 Å². The summed E-state index contributed by atoms with van der Waals surface area (Å²) >= 11 is 0.662. The molecular formula is C12H19F3N2OS. The van der Waals surface area contributed by atoms with Gasteiger partial charge >= 0.3 is 6.18 Å². The van der Waals surface area contributed by atoms with Gasteiger partial charge in [-0.3, -0.25) is 0 Å². The van der Waals surface area contributed by atoms with Crippen molar-refractivity contribution in [1.82, 2.24) is 10.3 Å². The molecule has 0 saturated carbocycles. The van der Waals surface area contributed by atoms with E-state index in [2.05, 4.69) is 10.3 Å². The van der Waals surface area contributed by atoms with Crippen LogP contribution in [-0.2, 0) is 10.9 Å². The van der Waals surface area contributed by atoms with Crippen LogP contribution in [0, 0.1) is 0 Å². The number of ether oxygens (including phenoxy) is 1.